The van der Waals surface area contributed by atoms with Gasteiger partial charge in [-0.1, -0.05) is 23.7 Å². The maximum absolute atomic E-state index is 12.2. The predicted octanol–water partition coefficient (Wildman–Crippen LogP) is 4.12. The Bertz CT molecular complexity index is 729. The molecule has 108 valence electrons. The van der Waals surface area contributed by atoms with Gasteiger partial charge in [-0.3, -0.25) is 14.9 Å². The van der Waals surface area contributed by atoms with E-state index in [-0.39, 0.29) is 16.3 Å². The van der Waals surface area contributed by atoms with E-state index in [2.05, 4.69) is 5.32 Å². The molecule has 21 heavy (non-hydrogen) atoms. The molecule has 1 amide bonds. The van der Waals surface area contributed by atoms with E-state index < -0.39 is 10.8 Å². The van der Waals surface area contributed by atoms with E-state index in [1.165, 1.54) is 18.2 Å². The molecule has 2 aromatic rings. The van der Waals surface area contributed by atoms with E-state index >= 15 is 0 Å². The molecule has 6 heteroatoms. The van der Waals surface area contributed by atoms with Gasteiger partial charge in [-0.2, -0.15) is 0 Å². The molecule has 0 saturated heterocycles. The Balaban J connectivity index is 2.29. The predicted molar refractivity (Wildman–Crippen MR) is 82.0 cm³/mol. The van der Waals surface area contributed by atoms with Crippen LogP contribution in [0.2, 0.25) is 5.02 Å². The van der Waals surface area contributed by atoms with Crippen LogP contribution in [0.25, 0.3) is 0 Å². The summed E-state index contributed by atoms with van der Waals surface area (Å²) >= 11 is 5.94. The molecule has 2 aromatic carbocycles. The number of hydrogen-bond acceptors (Lipinski definition) is 3. The normalized spacial score (nSPS) is 10.2. The molecule has 0 spiro atoms. The lowest BCUT2D eigenvalue weighted by molar-refractivity contribution is -0.384. The lowest BCUT2D eigenvalue weighted by atomic mass is 10.1. The molecule has 5 nitrogen and oxygen atoms in total. The Kier molecular flexibility index (Phi) is 4.23. The summed E-state index contributed by atoms with van der Waals surface area (Å²) in [5, 5.41) is 13.5. The Labute approximate surface area is 126 Å². The first kappa shape index (κ1) is 15.0. The lowest BCUT2D eigenvalue weighted by Gasteiger charge is -2.11. The number of nitrogens with one attached hydrogen (secondary N) is 1. The number of hydrogen-bond donors (Lipinski definition) is 1. The van der Waals surface area contributed by atoms with Crippen molar-refractivity contribution in [1.29, 1.82) is 0 Å². The van der Waals surface area contributed by atoms with Crippen LogP contribution >= 0.6 is 11.6 Å². The summed E-state index contributed by atoms with van der Waals surface area (Å²) in [6.07, 6.45) is 0. The van der Waals surface area contributed by atoms with Crippen LogP contribution in [0.4, 0.5) is 11.4 Å². The maximum Gasteiger partial charge on any atom is 0.270 e. The largest absolute Gasteiger partial charge is 0.322 e. The fourth-order valence-electron chi connectivity index (χ4n) is 1.88. The monoisotopic (exact) mass is 304 g/mol. The first-order valence-corrected chi connectivity index (χ1v) is 6.59. The van der Waals surface area contributed by atoms with Gasteiger partial charge in [-0.15, -0.1) is 0 Å². The van der Waals surface area contributed by atoms with E-state index in [0.29, 0.717) is 5.69 Å². The van der Waals surface area contributed by atoms with E-state index in [9.17, 15) is 14.9 Å². The van der Waals surface area contributed by atoms with Gasteiger partial charge >= 0.3 is 0 Å². The number of carbonyl (C=O) groups excluding carboxylic acids is 1. The summed E-state index contributed by atoms with van der Waals surface area (Å²) in [7, 11) is 0. The average molecular weight is 305 g/mol. The molecule has 0 unspecified atom stereocenters. The number of rotatable bonds is 3. The van der Waals surface area contributed by atoms with E-state index in [4.69, 9.17) is 11.6 Å². The van der Waals surface area contributed by atoms with Gasteiger partial charge in [0.2, 0.25) is 0 Å². The van der Waals surface area contributed by atoms with E-state index in [0.717, 1.165) is 11.1 Å². The molecule has 0 atom stereocenters. The van der Waals surface area contributed by atoms with Crippen molar-refractivity contribution >= 4 is 28.9 Å². The van der Waals surface area contributed by atoms with Crippen molar-refractivity contribution in [2.45, 2.75) is 13.8 Å². The number of benzene rings is 2. The molecular formula is C15H13ClN2O3. The van der Waals surface area contributed by atoms with Gasteiger partial charge in [-0.25, -0.2) is 0 Å². The molecule has 0 bridgehead atoms. The minimum Gasteiger partial charge on any atom is -0.322 e. The number of nitrogens with zero attached hydrogens (tertiary/aromatic N) is 1. The second-order valence-corrected chi connectivity index (χ2v) is 5.03. The highest BCUT2D eigenvalue weighted by Crippen LogP contribution is 2.24. The number of carbonyl (C=O) groups is 1. The van der Waals surface area contributed by atoms with Gasteiger partial charge in [-0.05, 0) is 37.1 Å². The molecule has 0 aliphatic rings. The topological polar surface area (TPSA) is 72.2 Å². The highest BCUT2D eigenvalue weighted by Gasteiger charge is 2.15. The summed E-state index contributed by atoms with van der Waals surface area (Å²) in [4.78, 5) is 22.3. The van der Waals surface area contributed by atoms with Crippen molar-refractivity contribution in [3.8, 4) is 0 Å². The molecule has 0 aliphatic heterocycles. The molecular weight excluding hydrogens is 292 g/mol. The fourth-order valence-corrected chi connectivity index (χ4v) is 2.14. The van der Waals surface area contributed by atoms with Crippen LogP contribution in [0.5, 0.6) is 0 Å². The quantitative estimate of drug-likeness (QED) is 0.685. The number of aryl methyl sites for hydroxylation is 1. The smallest absolute Gasteiger partial charge is 0.270 e. The minimum absolute atomic E-state index is 0.0482. The average Bonchev–Trinajstić information content (AvgIpc) is 2.43. The van der Waals surface area contributed by atoms with Crippen molar-refractivity contribution in [2.75, 3.05) is 5.32 Å². The van der Waals surface area contributed by atoms with Gasteiger partial charge < -0.3 is 5.32 Å². The maximum atomic E-state index is 12.2. The van der Waals surface area contributed by atoms with Crippen molar-refractivity contribution in [2.24, 2.45) is 0 Å². The Morgan fingerprint density at radius 1 is 1.24 bits per heavy atom. The van der Waals surface area contributed by atoms with Crippen LogP contribution in [0, 0.1) is 24.0 Å². The van der Waals surface area contributed by atoms with Gasteiger partial charge in [0.25, 0.3) is 11.6 Å². The summed E-state index contributed by atoms with van der Waals surface area (Å²) in [6.45, 7) is 3.85. The van der Waals surface area contributed by atoms with Gasteiger partial charge in [0, 0.05) is 17.8 Å². The molecule has 0 aromatic heterocycles. The van der Waals surface area contributed by atoms with Crippen molar-refractivity contribution in [1.82, 2.24) is 0 Å². The first-order chi connectivity index (χ1) is 9.90. The molecule has 1 N–H and O–H groups in total. The summed E-state index contributed by atoms with van der Waals surface area (Å²) in [5.74, 6) is -0.399. The Morgan fingerprint density at radius 3 is 2.57 bits per heavy atom. The third-order valence-electron chi connectivity index (χ3n) is 3.26. The van der Waals surface area contributed by atoms with Crippen LogP contribution in [0.1, 0.15) is 21.5 Å². The zero-order valence-electron chi connectivity index (χ0n) is 11.5. The van der Waals surface area contributed by atoms with E-state index in [1.54, 1.807) is 6.07 Å². The van der Waals surface area contributed by atoms with Crippen LogP contribution < -0.4 is 5.32 Å². The van der Waals surface area contributed by atoms with Crippen LogP contribution in [-0.4, -0.2) is 10.8 Å². The Hall–Kier alpha value is -2.40. The molecule has 0 heterocycles. The summed E-state index contributed by atoms with van der Waals surface area (Å²) in [6, 6.07) is 9.35. The number of halogens is 1. The lowest BCUT2D eigenvalue weighted by Crippen LogP contribution is -2.13. The number of anilines is 1. The van der Waals surface area contributed by atoms with Crippen molar-refractivity contribution in [3.05, 3.63) is 68.2 Å². The standard InChI is InChI=1S/C15H13ClN2O3/c1-9-4-3-5-14(10(9)2)17-15(19)12-7-6-11(18(20)21)8-13(12)16/h3-8H,1-2H3,(H,17,19). The Morgan fingerprint density at radius 2 is 1.95 bits per heavy atom. The number of nitro benzene ring substituents is 1. The SMILES string of the molecule is Cc1cccc(NC(=O)c2ccc([N+](=O)[O-])cc2Cl)c1C. The molecule has 0 fully saturated rings. The van der Waals surface area contributed by atoms with Crippen LogP contribution in [-0.2, 0) is 0 Å². The number of amides is 1. The van der Waals surface area contributed by atoms with Crippen molar-refractivity contribution in [3.63, 3.8) is 0 Å². The second kappa shape index (κ2) is 5.93. The zero-order valence-corrected chi connectivity index (χ0v) is 12.3. The minimum atomic E-state index is -0.557. The number of non-ortho nitro benzene ring substituents is 1. The third-order valence-corrected chi connectivity index (χ3v) is 3.57. The van der Waals surface area contributed by atoms with Crippen LogP contribution in [0.3, 0.4) is 0 Å². The van der Waals surface area contributed by atoms with Gasteiger partial charge in [0.15, 0.2) is 0 Å². The second-order valence-electron chi connectivity index (χ2n) is 4.62. The fraction of sp³-hybridized carbons (Fsp3) is 0.133. The summed E-state index contributed by atoms with van der Waals surface area (Å²) < 4.78 is 0. The highest BCUT2D eigenvalue weighted by molar-refractivity contribution is 6.34. The van der Waals surface area contributed by atoms with Crippen molar-refractivity contribution < 1.29 is 9.72 Å². The molecule has 2 rings (SSSR count). The highest BCUT2D eigenvalue weighted by atomic mass is 35.5. The molecule has 0 saturated carbocycles. The third kappa shape index (κ3) is 3.20. The first-order valence-electron chi connectivity index (χ1n) is 6.21. The van der Waals surface area contributed by atoms with Gasteiger partial charge in [0.1, 0.15) is 0 Å². The van der Waals surface area contributed by atoms with Crippen LogP contribution in [0.15, 0.2) is 36.4 Å². The van der Waals surface area contributed by atoms with Gasteiger partial charge in [0.05, 0.1) is 15.5 Å². The number of nitro groups is 1. The molecule has 0 aliphatic carbocycles. The summed E-state index contributed by atoms with van der Waals surface area (Å²) in [5.41, 5.74) is 2.76. The van der Waals surface area contributed by atoms with E-state index in [1.807, 2.05) is 26.0 Å². The zero-order chi connectivity index (χ0) is 15.6. The molecule has 0 radical (unpaired) electrons.